The number of ether oxygens (including phenoxy) is 1. The maximum absolute atomic E-state index is 12.6. The van der Waals surface area contributed by atoms with Crippen molar-refractivity contribution in [2.24, 2.45) is 0 Å². The predicted molar refractivity (Wildman–Crippen MR) is 105 cm³/mol. The van der Waals surface area contributed by atoms with Crippen LogP contribution in [0.25, 0.3) is 0 Å². The highest BCUT2D eigenvalue weighted by Gasteiger charge is 2.19. The molecule has 9 nitrogen and oxygen atoms in total. The lowest BCUT2D eigenvalue weighted by Crippen LogP contribution is -2.15. The Morgan fingerprint density at radius 3 is 2.52 bits per heavy atom. The molecule has 0 saturated carbocycles. The van der Waals surface area contributed by atoms with Crippen molar-refractivity contribution in [1.29, 1.82) is 0 Å². The summed E-state index contributed by atoms with van der Waals surface area (Å²) in [6.45, 7) is 1.78. The number of aryl methyl sites for hydroxylation is 1. The van der Waals surface area contributed by atoms with Crippen LogP contribution in [0.2, 0.25) is 0 Å². The third kappa shape index (κ3) is 4.41. The summed E-state index contributed by atoms with van der Waals surface area (Å²) in [6.07, 6.45) is 1.39. The molecular formula is C20H17N3O6. The number of methoxy groups -OCH3 is 1. The van der Waals surface area contributed by atoms with Gasteiger partial charge >= 0.3 is 5.69 Å². The topological polar surface area (TPSA) is 124 Å². The van der Waals surface area contributed by atoms with E-state index in [4.69, 9.17) is 9.15 Å². The van der Waals surface area contributed by atoms with Gasteiger partial charge < -0.3 is 19.8 Å². The first kappa shape index (κ1) is 19.6. The molecule has 0 spiro atoms. The number of benzene rings is 2. The standard InChI is InChI=1S/C20H17N3O6/c1-12-5-7-14(21-20(25)18-4-3-9-29-18)11-15(12)22-19(24)13-6-8-17(28-2)16(10-13)23(26)27/h3-11H,1-2H3,(H,21,25)(H,22,24). The summed E-state index contributed by atoms with van der Waals surface area (Å²) in [4.78, 5) is 35.2. The lowest BCUT2D eigenvalue weighted by Gasteiger charge is -2.12. The van der Waals surface area contributed by atoms with Gasteiger partial charge in [-0.3, -0.25) is 19.7 Å². The average Bonchev–Trinajstić information content (AvgIpc) is 3.25. The van der Waals surface area contributed by atoms with Crippen LogP contribution in [-0.4, -0.2) is 23.8 Å². The lowest BCUT2D eigenvalue weighted by atomic mass is 10.1. The summed E-state index contributed by atoms with van der Waals surface area (Å²) in [5, 5.41) is 16.5. The molecule has 0 aliphatic carbocycles. The van der Waals surface area contributed by atoms with Gasteiger partial charge in [0.05, 0.1) is 18.3 Å². The highest BCUT2D eigenvalue weighted by Crippen LogP contribution is 2.28. The molecule has 0 fully saturated rings. The second-order valence-corrected chi connectivity index (χ2v) is 6.06. The average molecular weight is 395 g/mol. The van der Waals surface area contributed by atoms with Crippen LogP contribution in [0, 0.1) is 17.0 Å². The number of hydrogen-bond donors (Lipinski definition) is 2. The molecule has 0 unspecified atom stereocenters. The zero-order chi connectivity index (χ0) is 21.0. The summed E-state index contributed by atoms with van der Waals surface area (Å²) in [5.41, 5.74) is 1.44. The molecule has 1 aromatic heterocycles. The molecule has 0 saturated heterocycles. The van der Waals surface area contributed by atoms with Crippen molar-refractivity contribution >= 4 is 28.9 Å². The lowest BCUT2D eigenvalue weighted by molar-refractivity contribution is -0.385. The molecule has 0 aliphatic heterocycles. The third-order valence-corrected chi connectivity index (χ3v) is 4.13. The van der Waals surface area contributed by atoms with Gasteiger partial charge in [0.1, 0.15) is 0 Å². The normalized spacial score (nSPS) is 10.3. The van der Waals surface area contributed by atoms with Gasteiger partial charge in [0.2, 0.25) is 0 Å². The predicted octanol–water partition coefficient (Wildman–Crippen LogP) is 4.01. The molecule has 1 heterocycles. The van der Waals surface area contributed by atoms with Gasteiger partial charge in [-0.2, -0.15) is 0 Å². The number of nitro benzene ring substituents is 1. The summed E-state index contributed by atoms with van der Waals surface area (Å²) in [7, 11) is 1.31. The van der Waals surface area contributed by atoms with Gasteiger partial charge in [-0.25, -0.2) is 0 Å². The molecule has 2 aromatic carbocycles. The number of rotatable bonds is 6. The van der Waals surface area contributed by atoms with Gasteiger partial charge in [-0.05, 0) is 48.9 Å². The molecule has 0 radical (unpaired) electrons. The van der Waals surface area contributed by atoms with E-state index in [1.165, 1.54) is 31.6 Å². The van der Waals surface area contributed by atoms with E-state index >= 15 is 0 Å². The van der Waals surface area contributed by atoms with E-state index in [1.807, 2.05) is 0 Å². The van der Waals surface area contributed by atoms with Gasteiger partial charge in [0, 0.05) is 23.0 Å². The molecular weight excluding hydrogens is 378 g/mol. The first-order valence-corrected chi connectivity index (χ1v) is 8.48. The van der Waals surface area contributed by atoms with Crippen molar-refractivity contribution in [2.45, 2.75) is 6.92 Å². The molecule has 2 N–H and O–H groups in total. The number of carbonyl (C=O) groups is 2. The zero-order valence-electron chi connectivity index (χ0n) is 15.6. The summed E-state index contributed by atoms with van der Waals surface area (Å²) in [5.74, 6) is -0.748. The highest BCUT2D eigenvalue weighted by molar-refractivity contribution is 6.06. The maximum atomic E-state index is 12.6. The number of carbonyl (C=O) groups excluding carboxylic acids is 2. The van der Waals surface area contributed by atoms with Crippen molar-refractivity contribution in [3.05, 3.63) is 81.8 Å². The van der Waals surface area contributed by atoms with Crippen LogP contribution in [-0.2, 0) is 0 Å². The SMILES string of the molecule is COc1ccc(C(=O)Nc2cc(NC(=O)c3ccco3)ccc2C)cc1[N+](=O)[O-]. The third-order valence-electron chi connectivity index (χ3n) is 4.13. The van der Waals surface area contributed by atoms with Crippen molar-refractivity contribution in [3.63, 3.8) is 0 Å². The van der Waals surface area contributed by atoms with Crippen LogP contribution in [0.15, 0.2) is 59.2 Å². The number of anilines is 2. The quantitative estimate of drug-likeness (QED) is 0.480. The minimum atomic E-state index is -0.619. The second kappa shape index (κ2) is 8.26. The van der Waals surface area contributed by atoms with E-state index in [9.17, 15) is 19.7 Å². The van der Waals surface area contributed by atoms with E-state index in [-0.39, 0.29) is 22.8 Å². The molecule has 0 bridgehead atoms. The summed E-state index contributed by atoms with van der Waals surface area (Å²) in [6, 6.07) is 12.1. The van der Waals surface area contributed by atoms with Crippen molar-refractivity contribution < 1.29 is 23.7 Å². The maximum Gasteiger partial charge on any atom is 0.311 e. The fraction of sp³-hybridized carbons (Fsp3) is 0.100. The number of hydrogen-bond acceptors (Lipinski definition) is 6. The van der Waals surface area contributed by atoms with Gasteiger partial charge in [0.15, 0.2) is 11.5 Å². The van der Waals surface area contributed by atoms with E-state index in [2.05, 4.69) is 10.6 Å². The number of nitro groups is 1. The monoisotopic (exact) mass is 395 g/mol. The zero-order valence-corrected chi connectivity index (χ0v) is 15.6. The van der Waals surface area contributed by atoms with Gasteiger partial charge in [-0.15, -0.1) is 0 Å². The smallest absolute Gasteiger partial charge is 0.311 e. The summed E-state index contributed by atoms with van der Waals surface area (Å²) >= 11 is 0. The molecule has 0 atom stereocenters. The highest BCUT2D eigenvalue weighted by atomic mass is 16.6. The van der Waals surface area contributed by atoms with Crippen LogP contribution < -0.4 is 15.4 Å². The van der Waals surface area contributed by atoms with Crippen molar-refractivity contribution in [2.75, 3.05) is 17.7 Å². The van der Waals surface area contributed by atoms with Crippen LogP contribution in [0.4, 0.5) is 17.1 Å². The van der Waals surface area contributed by atoms with E-state index in [1.54, 1.807) is 31.2 Å². The molecule has 3 rings (SSSR count). The fourth-order valence-corrected chi connectivity index (χ4v) is 2.60. The van der Waals surface area contributed by atoms with Crippen LogP contribution >= 0.6 is 0 Å². The first-order chi connectivity index (χ1) is 13.9. The fourth-order valence-electron chi connectivity index (χ4n) is 2.60. The molecule has 148 valence electrons. The van der Waals surface area contributed by atoms with Gasteiger partial charge in [-0.1, -0.05) is 6.07 Å². The Labute approximate surface area is 165 Å². The molecule has 29 heavy (non-hydrogen) atoms. The van der Waals surface area contributed by atoms with Gasteiger partial charge in [0.25, 0.3) is 11.8 Å². The molecule has 3 aromatic rings. The number of nitrogens with zero attached hydrogens (tertiary/aromatic N) is 1. The van der Waals surface area contributed by atoms with Crippen LogP contribution in [0.3, 0.4) is 0 Å². The Morgan fingerprint density at radius 2 is 1.86 bits per heavy atom. The Morgan fingerprint density at radius 1 is 1.07 bits per heavy atom. The van der Waals surface area contributed by atoms with E-state index < -0.39 is 16.7 Å². The van der Waals surface area contributed by atoms with E-state index in [0.717, 1.165) is 11.6 Å². The Hall–Kier alpha value is -4.14. The largest absolute Gasteiger partial charge is 0.490 e. The van der Waals surface area contributed by atoms with Crippen molar-refractivity contribution in [1.82, 2.24) is 0 Å². The van der Waals surface area contributed by atoms with Crippen molar-refractivity contribution in [3.8, 4) is 5.75 Å². The number of nitrogens with one attached hydrogen (secondary N) is 2. The second-order valence-electron chi connectivity index (χ2n) is 6.06. The van der Waals surface area contributed by atoms with Crippen LogP contribution in [0.5, 0.6) is 5.75 Å². The molecule has 0 aliphatic rings. The Kier molecular flexibility index (Phi) is 5.59. The number of furan rings is 1. The van der Waals surface area contributed by atoms with E-state index in [0.29, 0.717) is 11.4 Å². The van der Waals surface area contributed by atoms with Crippen LogP contribution in [0.1, 0.15) is 26.5 Å². The molecule has 2 amide bonds. The molecule has 9 heteroatoms. The minimum absolute atomic E-state index is 0.0605. The first-order valence-electron chi connectivity index (χ1n) is 8.48. The Balaban J connectivity index is 1.81. The Bertz CT molecular complexity index is 1080. The minimum Gasteiger partial charge on any atom is -0.490 e. The summed E-state index contributed by atoms with van der Waals surface area (Å²) < 4.78 is 9.99. The number of amides is 2.